The van der Waals surface area contributed by atoms with E-state index in [9.17, 15) is 0 Å². The lowest BCUT2D eigenvalue weighted by Crippen LogP contribution is -2.17. The maximum atomic E-state index is 6.30. The first-order chi connectivity index (χ1) is 9.86. The first kappa shape index (κ1) is 16.3. The second-order valence-electron chi connectivity index (χ2n) is 5.42. The van der Waals surface area contributed by atoms with E-state index in [4.69, 9.17) is 22.1 Å². The van der Waals surface area contributed by atoms with Crippen molar-refractivity contribution in [3.63, 3.8) is 0 Å². The fraction of sp³-hybridized carbons (Fsp3) is 0.294. The van der Waals surface area contributed by atoms with E-state index in [0.717, 1.165) is 33.3 Å². The quantitative estimate of drug-likeness (QED) is 0.784. The Kier molecular flexibility index (Phi) is 5.31. The Morgan fingerprint density at radius 2 is 1.81 bits per heavy atom. The van der Waals surface area contributed by atoms with Crippen LogP contribution in [-0.2, 0) is 6.42 Å². The molecule has 2 aromatic carbocycles. The highest BCUT2D eigenvalue weighted by atomic mass is 79.9. The van der Waals surface area contributed by atoms with Gasteiger partial charge in [0.25, 0.3) is 0 Å². The van der Waals surface area contributed by atoms with Crippen molar-refractivity contribution in [2.75, 3.05) is 0 Å². The Morgan fingerprint density at radius 3 is 2.33 bits per heavy atom. The van der Waals surface area contributed by atoms with E-state index in [1.165, 1.54) is 0 Å². The maximum Gasteiger partial charge on any atom is 0.146 e. The van der Waals surface area contributed by atoms with Gasteiger partial charge in [-0.15, -0.1) is 0 Å². The zero-order valence-electron chi connectivity index (χ0n) is 12.4. The van der Waals surface area contributed by atoms with Gasteiger partial charge in [0.1, 0.15) is 11.5 Å². The SMILES string of the molecule is Cc1cc(Oc2ccc(CC(C)N)cc2Cl)cc(C)c1Br. The third-order valence-corrected chi connectivity index (χ3v) is 4.74. The summed E-state index contributed by atoms with van der Waals surface area (Å²) in [5.74, 6) is 1.45. The molecule has 4 heteroatoms. The normalized spacial score (nSPS) is 12.3. The number of rotatable bonds is 4. The van der Waals surface area contributed by atoms with E-state index in [1.54, 1.807) is 0 Å². The number of nitrogens with two attached hydrogens (primary N) is 1. The topological polar surface area (TPSA) is 35.2 Å². The molecule has 0 saturated carbocycles. The predicted octanol–water partition coefficient (Wildman–Crippen LogP) is 5.40. The van der Waals surface area contributed by atoms with Crippen LogP contribution in [0.25, 0.3) is 0 Å². The van der Waals surface area contributed by atoms with Crippen molar-refractivity contribution >= 4 is 27.5 Å². The van der Waals surface area contributed by atoms with Crippen molar-refractivity contribution < 1.29 is 4.74 Å². The second-order valence-corrected chi connectivity index (χ2v) is 6.62. The first-order valence-corrected chi connectivity index (χ1v) is 8.02. The highest BCUT2D eigenvalue weighted by Gasteiger charge is 2.08. The van der Waals surface area contributed by atoms with Gasteiger partial charge in [0.15, 0.2) is 0 Å². The van der Waals surface area contributed by atoms with Crippen LogP contribution in [0.15, 0.2) is 34.8 Å². The van der Waals surface area contributed by atoms with Gasteiger partial charge in [-0.1, -0.05) is 33.6 Å². The summed E-state index contributed by atoms with van der Waals surface area (Å²) < 4.78 is 7.01. The monoisotopic (exact) mass is 367 g/mol. The van der Waals surface area contributed by atoms with Crippen LogP contribution < -0.4 is 10.5 Å². The average Bonchev–Trinajstić information content (AvgIpc) is 2.38. The van der Waals surface area contributed by atoms with Crippen LogP contribution in [0.1, 0.15) is 23.6 Å². The molecule has 0 saturated heterocycles. The summed E-state index contributed by atoms with van der Waals surface area (Å²) in [5.41, 5.74) is 9.19. The Labute approximate surface area is 139 Å². The van der Waals surface area contributed by atoms with E-state index in [1.807, 2.05) is 51.1 Å². The minimum Gasteiger partial charge on any atom is -0.456 e. The standard InChI is InChI=1S/C17H19BrClNO/c1-10-6-14(7-11(2)17(10)18)21-16-5-4-13(8-12(3)20)9-15(16)19/h4-7,9,12H,8,20H2,1-3H3. The largest absolute Gasteiger partial charge is 0.456 e. The molecule has 2 nitrogen and oxygen atoms in total. The number of benzene rings is 2. The summed E-state index contributed by atoms with van der Waals surface area (Å²) in [5, 5.41) is 0.603. The molecule has 1 atom stereocenters. The van der Waals surface area contributed by atoms with E-state index in [2.05, 4.69) is 15.9 Å². The summed E-state index contributed by atoms with van der Waals surface area (Å²) in [6, 6.07) is 9.91. The Hall–Kier alpha value is -1.03. The maximum absolute atomic E-state index is 6.30. The van der Waals surface area contributed by atoms with Gasteiger partial charge in [0, 0.05) is 10.5 Å². The molecule has 0 aromatic heterocycles. The molecule has 0 fully saturated rings. The van der Waals surface area contributed by atoms with Gasteiger partial charge in [0.2, 0.25) is 0 Å². The second kappa shape index (κ2) is 6.82. The van der Waals surface area contributed by atoms with Gasteiger partial charge in [-0.2, -0.15) is 0 Å². The lowest BCUT2D eigenvalue weighted by Gasteiger charge is -2.12. The van der Waals surface area contributed by atoms with Crippen molar-refractivity contribution in [2.24, 2.45) is 5.73 Å². The number of halogens is 2. The molecule has 1 unspecified atom stereocenters. The molecule has 0 radical (unpaired) electrons. The lowest BCUT2D eigenvalue weighted by atomic mass is 10.1. The van der Waals surface area contributed by atoms with E-state index in [0.29, 0.717) is 10.8 Å². The average molecular weight is 369 g/mol. The van der Waals surface area contributed by atoms with Crippen LogP contribution in [0, 0.1) is 13.8 Å². The highest BCUT2D eigenvalue weighted by molar-refractivity contribution is 9.10. The molecule has 0 aliphatic heterocycles. The van der Waals surface area contributed by atoms with Crippen LogP contribution in [0.3, 0.4) is 0 Å². The van der Waals surface area contributed by atoms with Crippen molar-refractivity contribution in [1.82, 2.24) is 0 Å². The molecule has 2 aromatic rings. The van der Waals surface area contributed by atoms with Gasteiger partial charge < -0.3 is 10.5 Å². The smallest absolute Gasteiger partial charge is 0.146 e. The lowest BCUT2D eigenvalue weighted by molar-refractivity contribution is 0.481. The van der Waals surface area contributed by atoms with Crippen LogP contribution in [0.5, 0.6) is 11.5 Å². The fourth-order valence-corrected chi connectivity index (χ4v) is 2.69. The van der Waals surface area contributed by atoms with Gasteiger partial charge >= 0.3 is 0 Å². The summed E-state index contributed by atoms with van der Waals surface area (Å²) >= 11 is 9.85. The molecular weight excluding hydrogens is 350 g/mol. The minimum atomic E-state index is 0.115. The zero-order chi connectivity index (χ0) is 15.6. The van der Waals surface area contributed by atoms with Gasteiger partial charge in [0.05, 0.1) is 5.02 Å². The van der Waals surface area contributed by atoms with E-state index in [-0.39, 0.29) is 6.04 Å². The number of ether oxygens (including phenoxy) is 1. The Bertz CT molecular complexity index is 632. The van der Waals surface area contributed by atoms with Crippen LogP contribution in [-0.4, -0.2) is 6.04 Å². The Balaban J connectivity index is 2.24. The molecule has 0 amide bonds. The molecule has 21 heavy (non-hydrogen) atoms. The molecule has 0 aliphatic carbocycles. The van der Waals surface area contributed by atoms with Crippen molar-refractivity contribution in [3.8, 4) is 11.5 Å². The van der Waals surface area contributed by atoms with E-state index < -0.39 is 0 Å². The van der Waals surface area contributed by atoms with Crippen molar-refractivity contribution in [2.45, 2.75) is 33.2 Å². The summed E-state index contributed by atoms with van der Waals surface area (Å²) in [6.45, 7) is 6.06. The minimum absolute atomic E-state index is 0.115. The van der Waals surface area contributed by atoms with Crippen LogP contribution >= 0.6 is 27.5 Å². The molecule has 2 rings (SSSR count). The van der Waals surface area contributed by atoms with Crippen molar-refractivity contribution in [3.05, 3.63) is 56.5 Å². The third-order valence-electron chi connectivity index (χ3n) is 3.19. The molecular formula is C17H19BrClNO. The van der Waals surface area contributed by atoms with Gasteiger partial charge in [-0.25, -0.2) is 0 Å². The highest BCUT2D eigenvalue weighted by Crippen LogP contribution is 2.33. The molecule has 0 spiro atoms. The third kappa shape index (κ3) is 4.22. The zero-order valence-corrected chi connectivity index (χ0v) is 14.8. The molecule has 0 bridgehead atoms. The predicted molar refractivity (Wildman–Crippen MR) is 92.5 cm³/mol. The molecule has 0 heterocycles. The van der Waals surface area contributed by atoms with Crippen LogP contribution in [0.2, 0.25) is 5.02 Å². The van der Waals surface area contributed by atoms with E-state index >= 15 is 0 Å². The number of aryl methyl sites for hydroxylation is 2. The summed E-state index contributed by atoms with van der Waals surface area (Å²) in [7, 11) is 0. The molecule has 0 aliphatic rings. The Morgan fingerprint density at radius 1 is 1.19 bits per heavy atom. The summed E-state index contributed by atoms with van der Waals surface area (Å²) in [4.78, 5) is 0. The fourth-order valence-electron chi connectivity index (χ4n) is 2.22. The first-order valence-electron chi connectivity index (χ1n) is 6.85. The van der Waals surface area contributed by atoms with Crippen molar-refractivity contribution in [1.29, 1.82) is 0 Å². The van der Waals surface area contributed by atoms with Gasteiger partial charge in [-0.05, 0) is 68.1 Å². The summed E-state index contributed by atoms with van der Waals surface area (Å²) in [6.07, 6.45) is 0.802. The molecule has 2 N–H and O–H groups in total. The van der Waals surface area contributed by atoms with Gasteiger partial charge in [-0.3, -0.25) is 0 Å². The van der Waals surface area contributed by atoms with Crippen LogP contribution in [0.4, 0.5) is 0 Å². The molecule has 112 valence electrons. The number of hydrogen-bond acceptors (Lipinski definition) is 2. The number of hydrogen-bond donors (Lipinski definition) is 1.